The number of hydrogen-bond acceptors (Lipinski definition) is 5. The Balaban J connectivity index is 1.62. The third-order valence-electron chi connectivity index (χ3n) is 5.23. The van der Waals surface area contributed by atoms with Gasteiger partial charge in [0.05, 0.1) is 11.8 Å². The quantitative estimate of drug-likeness (QED) is 0.589. The second-order valence-electron chi connectivity index (χ2n) is 7.09. The highest BCUT2D eigenvalue weighted by atomic mass is 16.3. The average molecular weight is 377 g/mol. The highest BCUT2D eigenvalue weighted by Crippen LogP contribution is 2.21. The average Bonchev–Trinajstić information content (AvgIpc) is 3.46. The van der Waals surface area contributed by atoms with Crippen LogP contribution < -0.4 is 10.9 Å². The number of amides is 1. The molecule has 1 aliphatic rings. The molecule has 4 aromatic rings. The molecule has 4 aromatic heterocycles. The van der Waals surface area contributed by atoms with Crippen LogP contribution in [-0.2, 0) is 11.3 Å². The second-order valence-corrected chi connectivity index (χ2v) is 7.09. The number of rotatable bonds is 4. The molecule has 0 unspecified atom stereocenters. The van der Waals surface area contributed by atoms with Crippen LogP contribution in [0.2, 0.25) is 0 Å². The van der Waals surface area contributed by atoms with E-state index < -0.39 is 0 Å². The van der Waals surface area contributed by atoms with Gasteiger partial charge in [0.25, 0.3) is 5.56 Å². The molecule has 0 saturated heterocycles. The Labute approximate surface area is 159 Å². The van der Waals surface area contributed by atoms with Gasteiger partial charge < -0.3 is 9.73 Å². The maximum atomic E-state index is 13.2. The largest absolute Gasteiger partial charge is 0.463 e. The first kappa shape index (κ1) is 16.7. The highest BCUT2D eigenvalue weighted by Gasteiger charge is 2.20. The number of carbonyl (C=O) groups excluding carboxylic acids is 1. The molecule has 0 bridgehead atoms. The Hall–Kier alpha value is -3.42. The molecule has 1 saturated carbocycles. The number of carbonyl (C=O) groups is 1. The summed E-state index contributed by atoms with van der Waals surface area (Å²) in [6.07, 6.45) is 7.46. The van der Waals surface area contributed by atoms with Gasteiger partial charge in [-0.2, -0.15) is 5.10 Å². The number of furan rings is 1. The summed E-state index contributed by atoms with van der Waals surface area (Å²) in [5, 5.41) is 7.53. The van der Waals surface area contributed by atoms with Crippen molar-refractivity contribution in [1.29, 1.82) is 0 Å². The van der Waals surface area contributed by atoms with Crippen LogP contribution in [0, 0.1) is 0 Å². The van der Waals surface area contributed by atoms with E-state index >= 15 is 0 Å². The lowest BCUT2D eigenvalue weighted by molar-refractivity contribution is -0.122. The first-order valence-corrected chi connectivity index (χ1v) is 9.41. The monoisotopic (exact) mass is 377 g/mol. The third kappa shape index (κ3) is 2.77. The van der Waals surface area contributed by atoms with Crippen molar-refractivity contribution in [1.82, 2.24) is 24.5 Å². The third-order valence-corrected chi connectivity index (χ3v) is 5.23. The summed E-state index contributed by atoms with van der Waals surface area (Å²) in [7, 11) is 0. The molecule has 1 fully saturated rings. The van der Waals surface area contributed by atoms with Crippen LogP contribution in [-0.4, -0.2) is 31.1 Å². The Morgan fingerprint density at radius 1 is 1.21 bits per heavy atom. The summed E-state index contributed by atoms with van der Waals surface area (Å²) in [6.45, 7) is -0.0463. The molecule has 0 aromatic carbocycles. The maximum Gasteiger partial charge on any atom is 0.277 e. The molecule has 0 atom stereocenters. The van der Waals surface area contributed by atoms with Crippen LogP contribution in [0.3, 0.4) is 0 Å². The van der Waals surface area contributed by atoms with Crippen molar-refractivity contribution in [2.75, 3.05) is 0 Å². The van der Waals surface area contributed by atoms with E-state index in [-0.39, 0.29) is 24.1 Å². The summed E-state index contributed by atoms with van der Waals surface area (Å²) in [4.78, 5) is 30.1. The molecular formula is C20H19N5O3. The maximum absolute atomic E-state index is 13.2. The van der Waals surface area contributed by atoms with E-state index in [1.165, 1.54) is 9.08 Å². The molecule has 8 heteroatoms. The molecule has 5 rings (SSSR count). The lowest BCUT2D eigenvalue weighted by atomic mass is 10.2. The van der Waals surface area contributed by atoms with Crippen LogP contribution >= 0.6 is 0 Å². The normalized spacial score (nSPS) is 14.9. The minimum absolute atomic E-state index is 0.0463. The van der Waals surface area contributed by atoms with Gasteiger partial charge in [-0.1, -0.05) is 12.8 Å². The first-order valence-electron chi connectivity index (χ1n) is 9.41. The van der Waals surface area contributed by atoms with Crippen molar-refractivity contribution in [2.45, 2.75) is 38.3 Å². The van der Waals surface area contributed by atoms with E-state index in [1.54, 1.807) is 42.8 Å². The Morgan fingerprint density at radius 3 is 2.86 bits per heavy atom. The van der Waals surface area contributed by atoms with E-state index in [0.717, 1.165) is 25.7 Å². The topological polar surface area (TPSA) is 94.4 Å². The zero-order valence-corrected chi connectivity index (χ0v) is 15.2. The number of aromatic nitrogens is 4. The first-order chi connectivity index (χ1) is 13.7. The summed E-state index contributed by atoms with van der Waals surface area (Å²) < 4.78 is 8.38. The molecule has 0 radical (unpaired) electrons. The van der Waals surface area contributed by atoms with E-state index in [0.29, 0.717) is 28.1 Å². The predicted molar refractivity (Wildman–Crippen MR) is 103 cm³/mol. The van der Waals surface area contributed by atoms with E-state index in [2.05, 4.69) is 15.4 Å². The zero-order valence-electron chi connectivity index (χ0n) is 15.2. The summed E-state index contributed by atoms with van der Waals surface area (Å²) >= 11 is 0. The number of nitrogens with one attached hydrogen (secondary N) is 1. The molecule has 28 heavy (non-hydrogen) atoms. The van der Waals surface area contributed by atoms with Crippen molar-refractivity contribution >= 4 is 22.6 Å². The van der Waals surface area contributed by atoms with Crippen molar-refractivity contribution in [3.63, 3.8) is 0 Å². The minimum atomic E-state index is -0.285. The molecule has 1 aliphatic carbocycles. The van der Waals surface area contributed by atoms with Crippen LogP contribution in [0.4, 0.5) is 0 Å². The molecule has 0 spiro atoms. The van der Waals surface area contributed by atoms with Gasteiger partial charge in [0.2, 0.25) is 5.91 Å². The molecule has 1 amide bonds. The van der Waals surface area contributed by atoms with Crippen molar-refractivity contribution in [2.24, 2.45) is 0 Å². The highest BCUT2D eigenvalue weighted by molar-refractivity contribution is 5.81. The van der Waals surface area contributed by atoms with Crippen molar-refractivity contribution in [3.05, 3.63) is 53.1 Å². The molecule has 4 heterocycles. The molecule has 0 aliphatic heterocycles. The standard InChI is InChI=1S/C20H19N5O3/c26-18(22-13-5-1-2-6-13)12-24-15-7-3-9-21-19(15)25-16(20(24)27)11-14(23-25)17-8-4-10-28-17/h3-4,7-11,13H,1-2,5-6,12H2,(H,22,26). The van der Waals surface area contributed by atoms with Gasteiger partial charge >= 0.3 is 0 Å². The van der Waals surface area contributed by atoms with Gasteiger partial charge in [-0.3, -0.25) is 14.2 Å². The molecular weight excluding hydrogens is 358 g/mol. The summed E-state index contributed by atoms with van der Waals surface area (Å²) in [5.74, 6) is 0.409. The fraction of sp³-hybridized carbons (Fsp3) is 0.300. The van der Waals surface area contributed by atoms with Crippen LogP contribution in [0.25, 0.3) is 28.1 Å². The fourth-order valence-corrected chi connectivity index (χ4v) is 3.89. The van der Waals surface area contributed by atoms with Crippen LogP contribution in [0.5, 0.6) is 0 Å². The fourth-order valence-electron chi connectivity index (χ4n) is 3.89. The zero-order chi connectivity index (χ0) is 19.1. The second kappa shape index (κ2) is 6.63. The van der Waals surface area contributed by atoms with Crippen molar-refractivity contribution in [3.8, 4) is 11.5 Å². The predicted octanol–water partition coefficient (Wildman–Crippen LogP) is 2.36. The van der Waals surface area contributed by atoms with E-state index in [4.69, 9.17) is 4.42 Å². The number of pyridine rings is 1. The van der Waals surface area contributed by atoms with Crippen LogP contribution in [0.15, 0.2) is 52.0 Å². The van der Waals surface area contributed by atoms with Gasteiger partial charge in [-0.25, -0.2) is 9.50 Å². The molecule has 142 valence electrons. The Bertz CT molecular complexity index is 1220. The van der Waals surface area contributed by atoms with Gasteiger partial charge in [0.15, 0.2) is 11.4 Å². The van der Waals surface area contributed by atoms with Gasteiger partial charge in [0.1, 0.15) is 17.8 Å². The van der Waals surface area contributed by atoms with E-state index in [1.807, 2.05) is 0 Å². The Kier molecular flexibility index (Phi) is 3.96. The molecule has 8 nitrogen and oxygen atoms in total. The number of fused-ring (bicyclic) bond motifs is 3. The Morgan fingerprint density at radius 2 is 2.07 bits per heavy atom. The number of nitrogens with zero attached hydrogens (tertiary/aromatic N) is 4. The summed E-state index contributed by atoms with van der Waals surface area (Å²) in [5.41, 5.74) is 1.69. The van der Waals surface area contributed by atoms with Crippen molar-refractivity contribution < 1.29 is 9.21 Å². The van der Waals surface area contributed by atoms with Gasteiger partial charge in [0, 0.05) is 18.3 Å². The van der Waals surface area contributed by atoms with Gasteiger partial charge in [-0.15, -0.1) is 0 Å². The minimum Gasteiger partial charge on any atom is -0.463 e. The molecule has 1 N–H and O–H groups in total. The van der Waals surface area contributed by atoms with E-state index in [9.17, 15) is 9.59 Å². The summed E-state index contributed by atoms with van der Waals surface area (Å²) in [6, 6.07) is 8.94. The van der Waals surface area contributed by atoms with Gasteiger partial charge in [-0.05, 0) is 37.1 Å². The SMILES string of the molecule is O=C(Cn1c(=O)c2cc(-c3ccco3)nn2c2ncccc21)NC1CCCC1. The van der Waals surface area contributed by atoms with Crippen LogP contribution in [0.1, 0.15) is 25.7 Å². The number of hydrogen-bond donors (Lipinski definition) is 1. The lowest BCUT2D eigenvalue weighted by Gasteiger charge is -2.14. The smallest absolute Gasteiger partial charge is 0.277 e. The lowest BCUT2D eigenvalue weighted by Crippen LogP contribution is -2.38.